The Bertz CT molecular complexity index is 887. The van der Waals surface area contributed by atoms with E-state index in [1.165, 1.54) is 5.56 Å². The number of aromatic nitrogens is 2. The SMILES string of the molecule is CN1N=C(c2nc(-c3ccc(CO)cc3)no2)CC1c1ccccc1. The highest BCUT2D eigenvalue weighted by atomic mass is 16.5. The summed E-state index contributed by atoms with van der Waals surface area (Å²) in [4.78, 5) is 4.48. The predicted octanol–water partition coefficient (Wildman–Crippen LogP) is 3.01. The minimum Gasteiger partial charge on any atom is -0.392 e. The summed E-state index contributed by atoms with van der Waals surface area (Å²) in [6.07, 6.45) is 0.728. The van der Waals surface area contributed by atoms with Crippen LogP contribution in [0.2, 0.25) is 0 Å². The highest BCUT2D eigenvalue weighted by Gasteiger charge is 2.29. The van der Waals surface area contributed by atoms with Gasteiger partial charge in [0, 0.05) is 19.0 Å². The molecule has 0 radical (unpaired) electrons. The molecule has 6 heteroatoms. The summed E-state index contributed by atoms with van der Waals surface area (Å²) < 4.78 is 5.42. The van der Waals surface area contributed by atoms with Crippen LogP contribution >= 0.6 is 0 Å². The lowest BCUT2D eigenvalue weighted by atomic mass is 10.0. The van der Waals surface area contributed by atoms with Crippen molar-refractivity contribution in [3.63, 3.8) is 0 Å². The number of hydrogen-bond acceptors (Lipinski definition) is 6. The number of aliphatic hydroxyl groups excluding tert-OH is 1. The molecule has 2 aromatic carbocycles. The summed E-state index contributed by atoms with van der Waals surface area (Å²) in [5.74, 6) is 0.972. The largest absolute Gasteiger partial charge is 0.392 e. The fourth-order valence-electron chi connectivity index (χ4n) is 2.97. The molecule has 0 spiro atoms. The maximum absolute atomic E-state index is 9.12. The van der Waals surface area contributed by atoms with E-state index in [1.807, 2.05) is 54.5 Å². The van der Waals surface area contributed by atoms with Crippen molar-refractivity contribution >= 4 is 5.71 Å². The normalized spacial score (nSPS) is 17.0. The van der Waals surface area contributed by atoms with Gasteiger partial charge in [0.1, 0.15) is 5.71 Å². The number of rotatable bonds is 4. The first-order valence-electron chi connectivity index (χ1n) is 8.14. The van der Waals surface area contributed by atoms with Gasteiger partial charge in [-0.1, -0.05) is 59.8 Å². The van der Waals surface area contributed by atoms with Crippen molar-refractivity contribution in [1.82, 2.24) is 15.1 Å². The summed E-state index contributed by atoms with van der Waals surface area (Å²) >= 11 is 0. The Kier molecular flexibility index (Phi) is 4.03. The average Bonchev–Trinajstić information content (AvgIpc) is 3.29. The van der Waals surface area contributed by atoms with Crippen LogP contribution in [0, 0.1) is 0 Å². The van der Waals surface area contributed by atoms with Crippen molar-refractivity contribution in [1.29, 1.82) is 0 Å². The van der Waals surface area contributed by atoms with Crippen molar-refractivity contribution < 1.29 is 9.63 Å². The molecule has 2 heterocycles. The van der Waals surface area contributed by atoms with E-state index in [9.17, 15) is 0 Å². The van der Waals surface area contributed by atoms with Gasteiger partial charge in [0.25, 0.3) is 5.89 Å². The third-order valence-electron chi connectivity index (χ3n) is 4.37. The first kappa shape index (κ1) is 15.5. The highest BCUT2D eigenvalue weighted by molar-refractivity contribution is 5.98. The van der Waals surface area contributed by atoms with Crippen LogP contribution in [0.1, 0.15) is 29.5 Å². The second-order valence-electron chi connectivity index (χ2n) is 6.03. The van der Waals surface area contributed by atoms with Gasteiger partial charge in [-0.15, -0.1) is 0 Å². The molecule has 1 aliphatic rings. The molecule has 1 atom stereocenters. The number of aliphatic hydroxyl groups is 1. The molecular weight excluding hydrogens is 316 g/mol. The molecule has 0 fully saturated rings. The Balaban J connectivity index is 1.55. The Hall–Kier alpha value is -2.99. The van der Waals surface area contributed by atoms with E-state index >= 15 is 0 Å². The molecule has 6 nitrogen and oxygen atoms in total. The molecule has 0 saturated heterocycles. The molecule has 4 rings (SSSR count). The number of nitrogens with zero attached hydrogens (tertiary/aromatic N) is 4. The van der Waals surface area contributed by atoms with Crippen molar-refractivity contribution in [2.75, 3.05) is 7.05 Å². The van der Waals surface area contributed by atoms with Crippen LogP contribution in [-0.4, -0.2) is 33.0 Å². The monoisotopic (exact) mass is 334 g/mol. The highest BCUT2D eigenvalue weighted by Crippen LogP contribution is 2.31. The molecule has 3 aromatic rings. The van der Waals surface area contributed by atoms with E-state index in [-0.39, 0.29) is 12.6 Å². The van der Waals surface area contributed by atoms with E-state index in [1.54, 1.807) is 0 Å². The summed E-state index contributed by atoms with van der Waals surface area (Å²) in [5, 5.41) is 19.7. The molecule has 1 N–H and O–H groups in total. The number of hydrogen-bond donors (Lipinski definition) is 1. The minimum absolute atomic E-state index is 0.0157. The topological polar surface area (TPSA) is 74.8 Å². The Labute approximate surface area is 145 Å². The van der Waals surface area contributed by atoms with Crippen molar-refractivity contribution in [3.05, 3.63) is 71.6 Å². The van der Waals surface area contributed by atoms with Crippen molar-refractivity contribution in [2.24, 2.45) is 5.10 Å². The maximum atomic E-state index is 9.12. The van der Waals surface area contributed by atoms with Gasteiger partial charge in [-0.2, -0.15) is 10.1 Å². The van der Waals surface area contributed by atoms with Crippen LogP contribution in [0.3, 0.4) is 0 Å². The Morgan fingerprint density at radius 2 is 1.88 bits per heavy atom. The van der Waals surface area contributed by atoms with Gasteiger partial charge in [0.05, 0.1) is 12.6 Å². The van der Waals surface area contributed by atoms with Crippen LogP contribution in [0.4, 0.5) is 0 Å². The third kappa shape index (κ3) is 3.04. The molecular formula is C19H18N4O2. The smallest absolute Gasteiger partial charge is 0.274 e. The fourth-order valence-corrected chi connectivity index (χ4v) is 2.97. The van der Waals surface area contributed by atoms with E-state index in [0.717, 1.165) is 23.3 Å². The molecule has 0 amide bonds. The third-order valence-corrected chi connectivity index (χ3v) is 4.37. The quantitative estimate of drug-likeness (QED) is 0.794. The predicted molar refractivity (Wildman–Crippen MR) is 93.8 cm³/mol. The van der Waals surface area contributed by atoms with Gasteiger partial charge in [0.15, 0.2) is 0 Å². The zero-order valence-electron chi connectivity index (χ0n) is 13.8. The lowest BCUT2D eigenvalue weighted by Gasteiger charge is -2.18. The van der Waals surface area contributed by atoms with Gasteiger partial charge < -0.3 is 9.63 Å². The average molecular weight is 334 g/mol. The summed E-state index contributed by atoms with van der Waals surface area (Å²) in [6, 6.07) is 17.9. The van der Waals surface area contributed by atoms with Crippen LogP contribution in [0.5, 0.6) is 0 Å². The molecule has 25 heavy (non-hydrogen) atoms. The molecule has 1 unspecified atom stereocenters. The number of benzene rings is 2. The van der Waals surface area contributed by atoms with Crippen molar-refractivity contribution in [3.8, 4) is 11.4 Å². The van der Waals surface area contributed by atoms with Crippen LogP contribution < -0.4 is 0 Å². The first-order chi connectivity index (χ1) is 12.2. The van der Waals surface area contributed by atoms with Gasteiger partial charge in [-0.3, -0.25) is 5.01 Å². The summed E-state index contributed by atoms with van der Waals surface area (Å²) in [6.45, 7) is 0.0157. The lowest BCUT2D eigenvalue weighted by molar-refractivity contribution is 0.282. The first-order valence-corrected chi connectivity index (χ1v) is 8.14. The molecule has 0 bridgehead atoms. The van der Waals surface area contributed by atoms with Gasteiger partial charge >= 0.3 is 0 Å². The van der Waals surface area contributed by atoms with Crippen LogP contribution in [-0.2, 0) is 6.61 Å². The zero-order valence-corrected chi connectivity index (χ0v) is 13.8. The van der Waals surface area contributed by atoms with E-state index in [4.69, 9.17) is 9.63 Å². The Morgan fingerprint density at radius 1 is 1.12 bits per heavy atom. The maximum Gasteiger partial charge on any atom is 0.274 e. The minimum atomic E-state index is 0.0157. The molecule has 0 aliphatic carbocycles. The molecule has 126 valence electrons. The van der Waals surface area contributed by atoms with E-state index < -0.39 is 0 Å². The molecule has 1 aromatic heterocycles. The summed E-state index contributed by atoms with van der Waals surface area (Å²) in [7, 11) is 1.95. The van der Waals surface area contributed by atoms with Crippen molar-refractivity contribution in [2.45, 2.75) is 19.1 Å². The summed E-state index contributed by atoms with van der Waals surface area (Å²) in [5.41, 5.74) is 3.70. The van der Waals surface area contributed by atoms with E-state index in [0.29, 0.717) is 11.7 Å². The van der Waals surface area contributed by atoms with Crippen LogP contribution in [0.15, 0.2) is 64.2 Å². The second kappa shape index (κ2) is 6.49. The van der Waals surface area contributed by atoms with Gasteiger partial charge in [-0.25, -0.2) is 0 Å². The number of hydrazone groups is 1. The van der Waals surface area contributed by atoms with Gasteiger partial charge in [0.2, 0.25) is 5.82 Å². The van der Waals surface area contributed by atoms with E-state index in [2.05, 4.69) is 27.4 Å². The second-order valence-corrected chi connectivity index (χ2v) is 6.03. The standard InChI is InChI=1S/C19H18N4O2/c1-23-17(14-5-3-2-4-6-14)11-16(21-23)19-20-18(22-25-19)15-9-7-13(12-24)8-10-15/h2-10,17,24H,11-12H2,1H3. The van der Waals surface area contributed by atoms with Crippen LogP contribution in [0.25, 0.3) is 11.4 Å². The Morgan fingerprint density at radius 3 is 2.60 bits per heavy atom. The molecule has 1 aliphatic heterocycles. The van der Waals surface area contributed by atoms with Gasteiger partial charge in [-0.05, 0) is 11.1 Å². The zero-order chi connectivity index (χ0) is 17.2. The lowest BCUT2D eigenvalue weighted by Crippen LogP contribution is -2.13. The fraction of sp³-hybridized carbons (Fsp3) is 0.211. The molecule has 0 saturated carbocycles.